The summed E-state index contributed by atoms with van der Waals surface area (Å²) in [4.78, 5) is 25.2. The summed E-state index contributed by atoms with van der Waals surface area (Å²) in [6.45, 7) is 5.42. The average Bonchev–Trinajstić information content (AvgIpc) is 2.55. The van der Waals surface area contributed by atoms with E-state index in [9.17, 15) is 9.59 Å². The van der Waals surface area contributed by atoms with Gasteiger partial charge >= 0.3 is 6.03 Å². The zero-order valence-electron chi connectivity index (χ0n) is 9.94. The predicted octanol–water partition coefficient (Wildman–Crippen LogP) is 2.29. The quantitative estimate of drug-likeness (QED) is 0.673. The second-order valence-electron chi connectivity index (χ2n) is 4.27. The molecule has 1 N–H and O–H groups in total. The number of rotatable bonds is 3. The largest absolute Gasteiger partial charge is 0.325 e. The summed E-state index contributed by atoms with van der Waals surface area (Å²) >= 11 is 5.81. The number of nitrogens with one attached hydrogen (secondary N) is 1. The van der Waals surface area contributed by atoms with E-state index in [4.69, 9.17) is 11.6 Å². The molecule has 4 nitrogen and oxygen atoms in total. The van der Waals surface area contributed by atoms with Gasteiger partial charge < -0.3 is 5.32 Å². The highest BCUT2D eigenvalue weighted by molar-refractivity contribution is 6.30. The van der Waals surface area contributed by atoms with Crippen molar-refractivity contribution in [1.29, 1.82) is 0 Å². The minimum atomic E-state index is -1.04. The predicted molar refractivity (Wildman–Crippen MR) is 69.2 cm³/mol. The van der Waals surface area contributed by atoms with Crippen LogP contribution in [-0.4, -0.2) is 23.4 Å². The van der Waals surface area contributed by atoms with Gasteiger partial charge in [-0.2, -0.15) is 0 Å². The molecule has 3 amide bonds. The van der Waals surface area contributed by atoms with Crippen LogP contribution in [0, 0.1) is 0 Å². The number of carbonyl (C=O) groups excluding carboxylic acids is 2. The number of nitrogens with zero attached hydrogens (tertiary/aromatic N) is 1. The lowest BCUT2D eigenvalue weighted by Crippen LogP contribution is -2.40. The molecule has 1 aromatic carbocycles. The zero-order chi connectivity index (χ0) is 13.3. The Morgan fingerprint density at radius 3 is 2.56 bits per heavy atom. The molecule has 0 bridgehead atoms. The van der Waals surface area contributed by atoms with Crippen molar-refractivity contribution in [3.8, 4) is 0 Å². The van der Waals surface area contributed by atoms with Crippen LogP contribution in [0.3, 0.4) is 0 Å². The third kappa shape index (κ3) is 1.88. The maximum atomic E-state index is 12.3. The standard InChI is InChI=1S/C13H13ClN2O2/c1-3-8-16-11(17)13(2,15-12(16)18)9-4-6-10(14)7-5-9/h3-7H,1,8H2,2H3,(H,15,18)/t13-/m0/s1. The highest BCUT2D eigenvalue weighted by atomic mass is 35.5. The molecule has 1 aromatic rings. The van der Waals surface area contributed by atoms with Crippen LogP contribution in [0.1, 0.15) is 12.5 Å². The highest BCUT2D eigenvalue weighted by Crippen LogP contribution is 2.29. The summed E-state index contributed by atoms with van der Waals surface area (Å²) in [7, 11) is 0. The summed E-state index contributed by atoms with van der Waals surface area (Å²) in [6, 6.07) is 6.45. The van der Waals surface area contributed by atoms with Gasteiger partial charge in [0.2, 0.25) is 0 Å². The zero-order valence-corrected chi connectivity index (χ0v) is 10.7. The second-order valence-corrected chi connectivity index (χ2v) is 4.70. The van der Waals surface area contributed by atoms with E-state index >= 15 is 0 Å². The lowest BCUT2D eigenvalue weighted by molar-refractivity contribution is -0.130. The lowest BCUT2D eigenvalue weighted by atomic mass is 9.92. The maximum absolute atomic E-state index is 12.3. The molecule has 0 aromatic heterocycles. The van der Waals surface area contributed by atoms with Crippen molar-refractivity contribution in [2.75, 3.05) is 6.54 Å². The van der Waals surface area contributed by atoms with Gasteiger partial charge in [0, 0.05) is 11.6 Å². The first kappa shape index (κ1) is 12.6. The van der Waals surface area contributed by atoms with Gasteiger partial charge in [0.05, 0.1) is 0 Å². The van der Waals surface area contributed by atoms with Crippen molar-refractivity contribution in [2.45, 2.75) is 12.5 Å². The topological polar surface area (TPSA) is 49.4 Å². The van der Waals surface area contributed by atoms with Crippen molar-refractivity contribution in [2.24, 2.45) is 0 Å². The van der Waals surface area contributed by atoms with Crippen LogP contribution in [0.25, 0.3) is 0 Å². The monoisotopic (exact) mass is 264 g/mol. The van der Waals surface area contributed by atoms with Gasteiger partial charge in [-0.05, 0) is 24.6 Å². The summed E-state index contributed by atoms with van der Waals surface area (Å²) in [6.07, 6.45) is 1.52. The van der Waals surface area contributed by atoms with Gasteiger partial charge in [-0.3, -0.25) is 9.69 Å². The third-order valence-corrected chi connectivity index (χ3v) is 3.26. The van der Waals surface area contributed by atoms with Crippen LogP contribution in [0.5, 0.6) is 0 Å². The average molecular weight is 265 g/mol. The van der Waals surface area contributed by atoms with Crippen molar-refractivity contribution in [3.05, 3.63) is 47.5 Å². The van der Waals surface area contributed by atoms with Crippen LogP contribution >= 0.6 is 11.6 Å². The van der Waals surface area contributed by atoms with Gasteiger partial charge in [0.1, 0.15) is 5.54 Å². The van der Waals surface area contributed by atoms with E-state index in [2.05, 4.69) is 11.9 Å². The smallest absolute Gasteiger partial charge is 0.319 e. The Morgan fingerprint density at radius 1 is 1.39 bits per heavy atom. The Bertz CT molecular complexity index is 512. The summed E-state index contributed by atoms with van der Waals surface area (Å²) in [5.74, 6) is -0.283. The van der Waals surface area contributed by atoms with Crippen molar-refractivity contribution >= 4 is 23.5 Å². The number of imide groups is 1. The Balaban J connectivity index is 2.38. The molecule has 94 valence electrons. The fraction of sp³-hybridized carbons (Fsp3) is 0.231. The second kappa shape index (κ2) is 4.46. The molecule has 0 radical (unpaired) electrons. The van der Waals surface area contributed by atoms with E-state index in [-0.39, 0.29) is 12.5 Å². The number of halogens is 1. The third-order valence-electron chi connectivity index (χ3n) is 3.01. The normalized spacial score (nSPS) is 23.1. The molecule has 1 atom stereocenters. The van der Waals surface area contributed by atoms with Crippen LogP contribution < -0.4 is 5.32 Å². The van der Waals surface area contributed by atoms with Gasteiger partial charge in [-0.1, -0.05) is 29.8 Å². The fourth-order valence-corrected chi connectivity index (χ4v) is 2.10. The molecule has 1 fully saturated rings. The van der Waals surface area contributed by atoms with E-state index in [1.807, 2.05) is 0 Å². The Morgan fingerprint density at radius 2 is 2.00 bits per heavy atom. The van der Waals surface area contributed by atoms with Crippen LogP contribution in [-0.2, 0) is 10.3 Å². The van der Waals surface area contributed by atoms with E-state index in [1.165, 1.54) is 6.08 Å². The maximum Gasteiger partial charge on any atom is 0.325 e. The van der Waals surface area contributed by atoms with Crippen molar-refractivity contribution < 1.29 is 9.59 Å². The van der Waals surface area contributed by atoms with E-state index < -0.39 is 11.6 Å². The van der Waals surface area contributed by atoms with Gasteiger partial charge in [0.15, 0.2) is 0 Å². The molecule has 5 heteroatoms. The highest BCUT2D eigenvalue weighted by Gasteiger charge is 2.48. The molecule has 2 rings (SSSR count). The minimum absolute atomic E-state index is 0.202. The molecular formula is C13H13ClN2O2. The van der Waals surface area contributed by atoms with E-state index in [1.54, 1.807) is 31.2 Å². The number of hydrogen-bond acceptors (Lipinski definition) is 2. The Labute approximate surface area is 110 Å². The van der Waals surface area contributed by atoms with Gasteiger partial charge in [-0.25, -0.2) is 4.79 Å². The molecule has 0 spiro atoms. The number of benzene rings is 1. The molecule has 18 heavy (non-hydrogen) atoms. The van der Waals surface area contributed by atoms with Crippen LogP contribution in [0.2, 0.25) is 5.02 Å². The molecule has 1 saturated heterocycles. The first-order chi connectivity index (χ1) is 8.49. The van der Waals surface area contributed by atoms with Gasteiger partial charge in [0.25, 0.3) is 5.91 Å². The molecule has 1 heterocycles. The van der Waals surface area contributed by atoms with E-state index in [0.29, 0.717) is 10.6 Å². The number of amides is 3. The van der Waals surface area contributed by atoms with Gasteiger partial charge in [-0.15, -0.1) is 6.58 Å². The first-order valence-corrected chi connectivity index (χ1v) is 5.88. The first-order valence-electron chi connectivity index (χ1n) is 5.50. The fourth-order valence-electron chi connectivity index (χ4n) is 1.97. The van der Waals surface area contributed by atoms with E-state index in [0.717, 1.165) is 4.90 Å². The SMILES string of the molecule is C=CCN1C(=O)N[C@@](C)(c2ccc(Cl)cc2)C1=O. The molecule has 0 unspecified atom stereocenters. The summed E-state index contributed by atoms with van der Waals surface area (Å²) in [5.41, 5.74) is -0.332. The van der Waals surface area contributed by atoms with Crippen LogP contribution in [0.4, 0.5) is 4.79 Å². The summed E-state index contributed by atoms with van der Waals surface area (Å²) < 4.78 is 0. The number of hydrogen-bond donors (Lipinski definition) is 1. The van der Waals surface area contributed by atoms with Crippen LogP contribution in [0.15, 0.2) is 36.9 Å². The lowest BCUT2D eigenvalue weighted by Gasteiger charge is -2.22. The number of urea groups is 1. The minimum Gasteiger partial charge on any atom is -0.319 e. The van der Waals surface area contributed by atoms with Crippen molar-refractivity contribution in [3.63, 3.8) is 0 Å². The molecule has 1 aliphatic heterocycles. The van der Waals surface area contributed by atoms with Crippen molar-refractivity contribution in [1.82, 2.24) is 10.2 Å². The molecular weight excluding hydrogens is 252 g/mol. The number of carbonyl (C=O) groups is 2. The molecule has 0 aliphatic carbocycles. The Kier molecular flexibility index (Phi) is 3.13. The Hall–Kier alpha value is -1.81. The molecule has 1 aliphatic rings. The summed E-state index contributed by atoms with van der Waals surface area (Å²) in [5, 5.41) is 3.28. The molecule has 0 saturated carbocycles.